The summed E-state index contributed by atoms with van der Waals surface area (Å²) in [6.45, 7) is 1.50. The van der Waals surface area contributed by atoms with Crippen molar-refractivity contribution in [3.8, 4) is 0 Å². The van der Waals surface area contributed by atoms with Crippen LogP contribution in [0, 0.1) is 0 Å². The van der Waals surface area contributed by atoms with Crippen molar-refractivity contribution in [3.63, 3.8) is 0 Å². The van der Waals surface area contributed by atoms with Crippen LogP contribution < -0.4 is 0 Å². The molecule has 6 nitrogen and oxygen atoms in total. The highest BCUT2D eigenvalue weighted by molar-refractivity contribution is 7.88. The third kappa shape index (κ3) is 3.63. The zero-order chi connectivity index (χ0) is 17.2. The van der Waals surface area contributed by atoms with Crippen LogP contribution in [0.4, 0.5) is 0 Å². The van der Waals surface area contributed by atoms with Gasteiger partial charge in [0.25, 0.3) is 0 Å². The Balaban J connectivity index is 1.70. The number of piperazine rings is 1. The fourth-order valence-corrected chi connectivity index (χ4v) is 3.60. The zero-order valence-corrected chi connectivity index (χ0v) is 14.2. The van der Waals surface area contributed by atoms with Gasteiger partial charge in [-0.05, 0) is 12.1 Å². The average Bonchev–Trinajstić information content (AvgIpc) is 2.59. The molecule has 0 unspecified atom stereocenters. The predicted molar refractivity (Wildman–Crippen MR) is 93.8 cm³/mol. The number of sulfonamides is 1. The van der Waals surface area contributed by atoms with Gasteiger partial charge >= 0.3 is 0 Å². The van der Waals surface area contributed by atoms with Crippen LogP contribution in [0.25, 0.3) is 17.0 Å². The lowest BCUT2D eigenvalue weighted by molar-refractivity contribution is -0.127. The van der Waals surface area contributed by atoms with Gasteiger partial charge in [-0.15, -0.1) is 0 Å². The topological polar surface area (TPSA) is 70.6 Å². The molecule has 24 heavy (non-hydrogen) atoms. The number of carbonyl (C=O) groups excluding carboxylic acids is 1. The van der Waals surface area contributed by atoms with Gasteiger partial charge in [0.15, 0.2) is 0 Å². The largest absolute Gasteiger partial charge is 0.337 e. The number of rotatable bonds is 3. The summed E-state index contributed by atoms with van der Waals surface area (Å²) in [4.78, 5) is 18.3. The Kier molecular flexibility index (Phi) is 4.64. The quantitative estimate of drug-likeness (QED) is 0.788. The summed E-state index contributed by atoms with van der Waals surface area (Å²) >= 11 is 0. The first-order chi connectivity index (χ1) is 11.4. The van der Waals surface area contributed by atoms with Crippen LogP contribution in [0.5, 0.6) is 0 Å². The molecule has 1 aliphatic rings. The van der Waals surface area contributed by atoms with Crippen LogP contribution in [-0.4, -0.2) is 60.9 Å². The van der Waals surface area contributed by atoms with Gasteiger partial charge in [0, 0.05) is 49.4 Å². The van der Waals surface area contributed by atoms with E-state index in [1.54, 1.807) is 17.2 Å². The van der Waals surface area contributed by atoms with Crippen molar-refractivity contribution in [3.05, 3.63) is 48.2 Å². The van der Waals surface area contributed by atoms with E-state index in [-0.39, 0.29) is 5.91 Å². The predicted octanol–water partition coefficient (Wildman–Crippen LogP) is 1.35. The number of nitrogens with zero attached hydrogens (tertiary/aromatic N) is 3. The number of hydrogen-bond acceptors (Lipinski definition) is 4. The monoisotopic (exact) mass is 345 g/mol. The van der Waals surface area contributed by atoms with Gasteiger partial charge in [0.2, 0.25) is 15.9 Å². The Hall–Kier alpha value is -2.25. The molecule has 3 rings (SSSR count). The molecule has 0 saturated carbocycles. The first-order valence-corrected chi connectivity index (χ1v) is 9.56. The van der Waals surface area contributed by atoms with E-state index in [0.29, 0.717) is 26.2 Å². The molecular formula is C17H19N3O3S. The fraction of sp³-hybridized carbons (Fsp3) is 0.294. The summed E-state index contributed by atoms with van der Waals surface area (Å²) in [5, 5.41) is 1.02. The summed E-state index contributed by atoms with van der Waals surface area (Å²) in [6.07, 6.45) is 6.21. The van der Waals surface area contributed by atoms with Gasteiger partial charge in [-0.2, -0.15) is 4.31 Å². The minimum atomic E-state index is -3.19. The maximum absolute atomic E-state index is 12.3. The molecule has 0 N–H and O–H groups in total. The maximum Gasteiger partial charge on any atom is 0.246 e. The van der Waals surface area contributed by atoms with Crippen LogP contribution in [0.3, 0.4) is 0 Å². The Labute approximate surface area is 141 Å². The van der Waals surface area contributed by atoms with Crippen LogP contribution in [0.15, 0.2) is 42.6 Å². The van der Waals surface area contributed by atoms with Gasteiger partial charge in [0.1, 0.15) is 0 Å². The van der Waals surface area contributed by atoms with Gasteiger partial charge in [0.05, 0.1) is 11.8 Å². The number of pyridine rings is 1. The molecule has 1 fully saturated rings. The molecule has 1 saturated heterocycles. The number of aromatic nitrogens is 1. The number of benzene rings is 1. The lowest BCUT2D eigenvalue weighted by atomic mass is 10.1. The second kappa shape index (κ2) is 6.70. The SMILES string of the molecule is CS(=O)(=O)N1CCN(C(=O)/C=C/c2cccc3cccnc23)CC1. The minimum absolute atomic E-state index is 0.115. The maximum atomic E-state index is 12.3. The van der Waals surface area contributed by atoms with E-state index < -0.39 is 10.0 Å². The summed E-state index contributed by atoms with van der Waals surface area (Å²) in [5.41, 5.74) is 1.74. The molecular weight excluding hydrogens is 326 g/mol. The highest BCUT2D eigenvalue weighted by Gasteiger charge is 2.24. The first kappa shape index (κ1) is 16.6. The molecule has 1 aliphatic heterocycles. The molecule has 2 heterocycles. The highest BCUT2D eigenvalue weighted by Crippen LogP contribution is 2.17. The van der Waals surface area contributed by atoms with Crippen molar-refractivity contribution in [2.45, 2.75) is 0 Å². The molecule has 0 atom stereocenters. The third-order valence-corrected chi connectivity index (χ3v) is 5.39. The molecule has 1 amide bonds. The smallest absolute Gasteiger partial charge is 0.246 e. The number of hydrogen-bond donors (Lipinski definition) is 0. The van der Waals surface area contributed by atoms with E-state index in [4.69, 9.17) is 0 Å². The summed E-state index contributed by atoms with van der Waals surface area (Å²) < 4.78 is 24.4. The number of fused-ring (bicyclic) bond motifs is 1. The Morgan fingerprint density at radius 3 is 2.54 bits per heavy atom. The minimum Gasteiger partial charge on any atom is -0.337 e. The van der Waals surface area contributed by atoms with E-state index in [0.717, 1.165) is 16.5 Å². The van der Waals surface area contributed by atoms with Crippen LogP contribution in [0.1, 0.15) is 5.56 Å². The van der Waals surface area contributed by atoms with Gasteiger partial charge in [-0.25, -0.2) is 8.42 Å². The van der Waals surface area contributed by atoms with Gasteiger partial charge < -0.3 is 4.90 Å². The standard InChI is InChI=1S/C17H19N3O3S/c1-24(22,23)20-12-10-19(11-13-20)16(21)8-7-15-5-2-4-14-6-3-9-18-17(14)15/h2-9H,10-13H2,1H3/b8-7+. The molecule has 1 aromatic heterocycles. The van der Waals surface area contributed by atoms with Crippen LogP contribution >= 0.6 is 0 Å². The third-order valence-electron chi connectivity index (χ3n) is 4.09. The van der Waals surface area contributed by atoms with Crippen molar-refractivity contribution in [1.29, 1.82) is 0 Å². The lowest BCUT2D eigenvalue weighted by Crippen LogP contribution is -2.49. The fourth-order valence-electron chi connectivity index (χ4n) is 2.77. The van der Waals surface area contributed by atoms with E-state index in [1.807, 2.05) is 30.3 Å². The van der Waals surface area contributed by atoms with Gasteiger partial charge in [-0.1, -0.05) is 24.3 Å². The average molecular weight is 345 g/mol. The summed E-state index contributed by atoms with van der Waals surface area (Å²) in [5.74, 6) is -0.115. The van der Waals surface area contributed by atoms with E-state index >= 15 is 0 Å². The molecule has 0 aliphatic carbocycles. The van der Waals surface area contributed by atoms with E-state index in [2.05, 4.69) is 4.98 Å². The molecule has 2 aromatic rings. The Bertz CT molecular complexity index is 880. The van der Waals surface area contributed by atoms with E-state index in [1.165, 1.54) is 16.6 Å². The first-order valence-electron chi connectivity index (χ1n) is 7.71. The van der Waals surface area contributed by atoms with Crippen LogP contribution in [0.2, 0.25) is 0 Å². The zero-order valence-electron chi connectivity index (χ0n) is 13.4. The molecule has 1 aromatic carbocycles. The molecule has 7 heteroatoms. The van der Waals surface area contributed by atoms with E-state index in [9.17, 15) is 13.2 Å². The number of para-hydroxylation sites is 1. The lowest BCUT2D eigenvalue weighted by Gasteiger charge is -2.32. The van der Waals surface area contributed by atoms with Crippen molar-refractivity contribution in [1.82, 2.24) is 14.2 Å². The normalized spacial score (nSPS) is 16.8. The molecule has 0 bridgehead atoms. The Morgan fingerprint density at radius 2 is 1.83 bits per heavy atom. The van der Waals surface area contributed by atoms with Crippen molar-refractivity contribution >= 4 is 32.9 Å². The molecule has 0 spiro atoms. The van der Waals surface area contributed by atoms with Crippen molar-refractivity contribution in [2.24, 2.45) is 0 Å². The van der Waals surface area contributed by atoms with Crippen molar-refractivity contribution < 1.29 is 13.2 Å². The highest BCUT2D eigenvalue weighted by atomic mass is 32.2. The second-order valence-corrected chi connectivity index (χ2v) is 7.73. The summed E-state index contributed by atoms with van der Waals surface area (Å²) in [7, 11) is -3.19. The van der Waals surface area contributed by atoms with Gasteiger partial charge in [-0.3, -0.25) is 9.78 Å². The molecule has 0 radical (unpaired) electrons. The summed E-state index contributed by atoms with van der Waals surface area (Å²) in [6, 6.07) is 9.68. The van der Waals surface area contributed by atoms with Crippen LogP contribution in [-0.2, 0) is 14.8 Å². The second-order valence-electron chi connectivity index (χ2n) is 5.74. The number of carbonyl (C=O) groups is 1. The number of amides is 1. The van der Waals surface area contributed by atoms with Crippen molar-refractivity contribution in [2.75, 3.05) is 32.4 Å². The molecule has 126 valence electrons. The Morgan fingerprint density at radius 1 is 1.12 bits per heavy atom.